The second-order valence-corrected chi connectivity index (χ2v) is 4.05. The van der Waals surface area contributed by atoms with Crippen molar-refractivity contribution in [3.8, 4) is 0 Å². The molecule has 0 N–H and O–H groups in total. The molecule has 1 saturated heterocycles. The Hall–Kier alpha value is -0.370. The van der Waals surface area contributed by atoms with Crippen LogP contribution in [0.2, 0.25) is 0 Å². The highest BCUT2D eigenvalue weighted by Crippen LogP contribution is 2.30. The summed E-state index contributed by atoms with van der Waals surface area (Å²) in [6, 6.07) is 0. The first-order valence-electron chi connectivity index (χ1n) is 4.17. The number of ether oxygens (including phenoxy) is 1. The van der Waals surface area contributed by atoms with Crippen LogP contribution in [0.25, 0.3) is 0 Å². The predicted molar refractivity (Wildman–Crippen MR) is 43.4 cm³/mol. The number of hydrogen-bond donors (Lipinski definition) is 0. The molecule has 1 aliphatic rings. The fourth-order valence-electron chi connectivity index (χ4n) is 1.17. The molecule has 1 unspecified atom stereocenters. The number of epoxide rings is 1. The van der Waals surface area contributed by atoms with Gasteiger partial charge in [0.2, 0.25) is 0 Å². The van der Waals surface area contributed by atoms with Crippen molar-refractivity contribution in [3.63, 3.8) is 0 Å². The number of rotatable bonds is 4. The van der Waals surface area contributed by atoms with E-state index in [9.17, 15) is 4.79 Å². The molecule has 0 spiro atoms. The zero-order valence-electron chi connectivity index (χ0n) is 7.52. The fourth-order valence-corrected chi connectivity index (χ4v) is 1.17. The molecule has 0 aromatic heterocycles. The molecule has 1 rings (SSSR count). The minimum atomic E-state index is -0.0913. The lowest BCUT2D eigenvalue weighted by Crippen LogP contribution is -2.14. The molecule has 1 heterocycles. The van der Waals surface area contributed by atoms with Gasteiger partial charge in [-0.15, -0.1) is 0 Å². The van der Waals surface area contributed by atoms with E-state index in [1.165, 1.54) is 0 Å². The Labute approximate surface area is 67.9 Å². The van der Waals surface area contributed by atoms with Crippen LogP contribution >= 0.6 is 0 Å². The van der Waals surface area contributed by atoms with Crippen LogP contribution in [-0.2, 0) is 9.53 Å². The summed E-state index contributed by atoms with van der Waals surface area (Å²) in [6.45, 7) is 6.88. The highest BCUT2D eigenvalue weighted by Gasteiger charge is 2.40. The lowest BCUT2D eigenvalue weighted by atomic mass is 9.99. The summed E-state index contributed by atoms with van der Waals surface area (Å²) in [5, 5.41) is 0. The monoisotopic (exact) mass is 156 g/mol. The lowest BCUT2D eigenvalue weighted by molar-refractivity contribution is -0.120. The van der Waals surface area contributed by atoms with Crippen molar-refractivity contribution in [2.45, 2.75) is 39.2 Å². The summed E-state index contributed by atoms with van der Waals surface area (Å²) >= 11 is 0. The number of ketones is 1. The van der Waals surface area contributed by atoms with Gasteiger partial charge in [-0.2, -0.15) is 0 Å². The number of hydrogen-bond acceptors (Lipinski definition) is 2. The van der Waals surface area contributed by atoms with Gasteiger partial charge in [-0.25, -0.2) is 0 Å². The smallest absolute Gasteiger partial charge is 0.136 e. The third-order valence-corrected chi connectivity index (χ3v) is 1.84. The third-order valence-electron chi connectivity index (χ3n) is 1.84. The maximum atomic E-state index is 11.2. The van der Waals surface area contributed by atoms with Crippen molar-refractivity contribution in [2.75, 3.05) is 6.61 Å². The van der Waals surface area contributed by atoms with Gasteiger partial charge in [-0.1, -0.05) is 13.8 Å². The van der Waals surface area contributed by atoms with E-state index >= 15 is 0 Å². The van der Waals surface area contributed by atoms with Crippen LogP contribution in [0.5, 0.6) is 0 Å². The fraction of sp³-hybridized carbons (Fsp3) is 0.889. The molecule has 11 heavy (non-hydrogen) atoms. The van der Waals surface area contributed by atoms with E-state index in [0.717, 1.165) is 6.61 Å². The van der Waals surface area contributed by atoms with E-state index < -0.39 is 0 Å². The average Bonchev–Trinajstić information content (AvgIpc) is 2.44. The van der Waals surface area contributed by atoms with Crippen molar-refractivity contribution in [1.82, 2.24) is 0 Å². The quantitative estimate of drug-likeness (QED) is 0.581. The first-order chi connectivity index (χ1) is 5.02. The van der Waals surface area contributed by atoms with E-state index in [1.54, 1.807) is 0 Å². The molecule has 2 heteroatoms. The molecule has 1 aliphatic heterocycles. The van der Waals surface area contributed by atoms with Gasteiger partial charge in [0.15, 0.2) is 0 Å². The number of carbonyl (C=O) groups excluding carboxylic acids is 1. The van der Waals surface area contributed by atoms with E-state index in [0.29, 0.717) is 24.5 Å². The molecule has 0 bridgehead atoms. The molecular weight excluding hydrogens is 140 g/mol. The maximum absolute atomic E-state index is 11.2. The molecule has 0 aliphatic carbocycles. The van der Waals surface area contributed by atoms with E-state index in [1.807, 2.05) is 6.92 Å². The van der Waals surface area contributed by atoms with Crippen LogP contribution in [0.4, 0.5) is 0 Å². The molecule has 0 radical (unpaired) electrons. The molecule has 1 fully saturated rings. The highest BCUT2D eigenvalue weighted by molar-refractivity contribution is 5.79. The Morgan fingerprint density at radius 1 is 1.64 bits per heavy atom. The van der Waals surface area contributed by atoms with Crippen molar-refractivity contribution in [1.29, 1.82) is 0 Å². The Bertz CT molecular complexity index is 157. The van der Waals surface area contributed by atoms with Crippen LogP contribution in [0.1, 0.15) is 33.6 Å². The lowest BCUT2D eigenvalue weighted by Gasteiger charge is -2.05. The number of Topliss-reactive ketones (excluding diaryl/α,β-unsaturated/α-hetero) is 1. The van der Waals surface area contributed by atoms with Gasteiger partial charge in [0.05, 0.1) is 12.2 Å². The van der Waals surface area contributed by atoms with Gasteiger partial charge in [0.1, 0.15) is 5.78 Å². The van der Waals surface area contributed by atoms with Gasteiger partial charge in [-0.3, -0.25) is 4.79 Å². The topological polar surface area (TPSA) is 29.6 Å². The largest absolute Gasteiger partial charge is 0.369 e. The van der Waals surface area contributed by atoms with Crippen molar-refractivity contribution in [3.05, 3.63) is 0 Å². The standard InChI is InChI=1S/C9H16O2/c1-7(2)4-8(10)5-9(3)6-11-9/h7H,4-6H2,1-3H3. The van der Waals surface area contributed by atoms with Crippen LogP contribution in [0, 0.1) is 5.92 Å². The second kappa shape index (κ2) is 2.94. The zero-order valence-corrected chi connectivity index (χ0v) is 7.52. The molecule has 0 saturated carbocycles. The SMILES string of the molecule is CC(C)CC(=O)CC1(C)CO1. The first-order valence-corrected chi connectivity index (χ1v) is 4.17. The van der Waals surface area contributed by atoms with E-state index in [4.69, 9.17) is 4.74 Å². The summed E-state index contributed by atoms with van der Waals surface area (Å²) in [7, 11) is 0. The molecule has 0 amide bonds. The highest BCUT2D eigenvalue weighted by atomic mass is 16.6. The first kappa shape index (κ1) is 8.72. The third kappa shape index (κ3) is 3.02. The Kier molecular flexibility index (Phi) is 2.33. The Morgan fingerprint density at radius 3 is 2.55 bits per heavy atom. The molecule has 64 valence electrons. The van der Waals surface area contributed by atoms with Gasteiger partial charge >= 0.3 is 0 Å². The Morgan fingerprint density at radius 2 is 2.18 bits per heavy atom. The summed E-state index contributed by atoms with van der Waals surface area (Å²) < 4.78 is 5.13. The zero-order chi connectivity index (χ0) is 8.48. The minimum Gasteiger partial charge on any atom is -0.369 e. The molecular formula is C9H16O2. The Balaban J connectivity index is 2.21. The maximum Gasteiger partial charge on any atom is 0.136 e. The van der Waals surface area contributed by atoms with Gasteiger partial charge < -0.3 is 4.74 Å². The van der Waals surface area contributed by atoms with E-state index in [2.05, 4.69) is 13.8 Å². The average molecular weight is 156 g/mol. The second-order valence-electron chi connectivity index (χ2n) is 4.05. The van der Waals surface area contributed by atoms with E-state index in [-0.39, 0.29) is 5.60 Å². The molecule has 1 atom stereocenters. The normalized spacial score (nSPS) is 29.1. The molecule has 0 aromatic carbocycles. The van der Waals surface area contributed by atoms with Crippen LogP contribution in [-0.4, -0.2) is 18.0 Å². The van der Waals surface area contributed by atoms with Gasteiger partial charge in [-0.05, 0) is 12.8 Å². The van der Waals surface area contributed by atoms with Crippen molar-refractivity contribution < 1.29 is 9.53 Å². The van der Waals surface area contributed by atoms with Gasteiger partial charge in [0, 0.05) is 12.8 Å². The van der Waals surface area contributed by atoms with Crippen molar-refractivity contribution in [2.24, 2.45) is 5.92 Å². The van der Waals surface area contributed by atoms with Crippen LogP contribution in [0.3, 0.4) is 0 Å². The van der Waals surface area contributed by atoms with Crippen molar-refractivity contribution >= 4 is 5.78 Å². The summed E-state index contributed by atoms with van der Waals surface area (Å²) in [5.74, 6) is 0.810. The molecule has 2 nitrogen and oxygen atoms in total. The summed E-state index contributed by atoms with van der Waals surface area (Å²) in [4.78, 5) is 11.2. The summed E-state index contributed by atoms with van der Waals surface area (Å²) in [6.07, 6.45) is 1.30. The predicted octanol–water partition coefficient (Wildman–Crippen LogP) is 1.78. The molecule has 0 aromatic rings. The van der Waals surface area contributed by atoms with Crippen LogP contribution in [0.15, 0.2) is 0 Å². The van der Waals surface area contributed by atoms with Gasteiger partial charge in [0.25, 0.3) is 0 Å². The van der Waals surface area contributed by atoms with Crippen LogP contribution < -0.4 is 0 Å². The summed E-state index contributed by atoms with van der Waals surface area (Å²) in [5.41, 5.74) is -0.0913. The number of carbonyl (C=O) groups is 1. The minimum absolute atomic E-state index is 0.0913.